The van der Waals surface area contributed by atoms with E-state index in [0.717, 1.165) is 10.3 Å². The first-order valence-electron chi connectivity index (χ1n) is 7.88. The van der Waals surface area contributed by atoms with Crippen LogP contribution in [0.3, 0.4) is 0 Å². The van der Waals surface area contributed by atoms with Gasteiger partial charge in [-0.25, -0.2) is 0 Å². The van der Waals surface area contributed by atoms with Crippen molar-refractivity contribution in [3.8, 4) is 0 Å². The average molecular weight is 302 g/mol. The number of imidazole rings is 1. The summed E-state index contributed by atoms with van der Waals surface area (Å²) < 4.78 is 3.24. The van der Waals surface area contributed by atoms with Crippen LogP contribution >= 0.6 is 12.2 Å². The molecule has 0 amide bonds. The third-order valence-electron chi connectivity index (χ3n) is 4.77. The van der Waals surface area contributed by atoms with Gasteiger partial charge in [0.2, 0.25) is 0 Å². The first-order valence-corrected chi connectivity index (χ1v) is 8.29. The number of nitrogens with zero attached hydrogens (tertiary/aromatic N) is 1. The predicted molar refractivity (Wildman–Crippen MR) is 92.3 cm³/mol. The van der Waals surface area contributed by atoms with E-state index >= 15 is 0 Å². The van der Waals surface area contributed by atoms with Crippen molar-refractivity contribution in [1.82, 2.24) is 9.55 Å². The zero-order valence-corrected chi connectivity index (χ0v) is 14.6. The zero-order valence-electron chi connectivity index (χ0n) is 13.8. The molecule has 1 aliphatic carbocycles. The van der Waals surface area contributed by atoms with Gasteiger partial charge in [0.15, 0.2) is 4.77 Å². The summed E-state index contributed by atoms with van der Waals surface area (Å²) in [6.45, 7) is 11.7. The summed E-state index contributed by atoms with van der Waals surface area (Å²) in [5.74, 6) is 0. The lowest BCUT2D eigenvalue weighted by Crippen LogP contribution is -2.35. The van der Waals surface area contributed by atoms with Gasteiger partial charge in [-0.3, -0.25) is 0 Å². The predicted octanol–water partition coefficient (Wildman–Crippen LogP) is 5.78. The Morgan fingerprint density at radius 2 is 1.76 bits per heavy atom. The van der Waals surface area contributed by atoms with E-state index in [4.69, 9.17) is 12.2 Å². The van der Waals surface area contributed by atoms with Crippen LogP contribution in [0.15, 0.2) is 18.2 Å². The van der Waals surface area contributed by atoms with Gasteiger partial charge in [0.05, 0.1) is 11.0 Å². The number of aryl methyl sites for hydroxylation is 1. The molecule has 2 aromatic rings. The summed E-state index contributed by atoms with van der Waals surface area (Å²) in [6, 6.07) is 7.05. The normalized spacial score (nSPS) is 21.8. The zero-order chi connectivity index (χ0) is 15.4. The van der Waals surface area contributed by atoms with Crippen LogP contribution in [-0.2, 0) is 0 Å². The second-order valence-electron chi connectivity index (χ2n) is 8.39. The summed E-state index contributed by atoms with van der Waals surface area (Å²) in [5.41, 5.74) is 4.45. The lowest BCUT2D eigenvalue weighted by atomic mass is 9.63. The average Bonchev–Trinajstić information content (AvgIpc) is 2.60. The first-order chi connectivity index (χ1) is 9.67. The lowest BCUT2D eigenvalue weighted by molar-refractivity contribution is 0.0733. The van der Waals surface area contributed by atoms with Crippen molar-refractivity contribution in [2.24, 2.45) is 10.8 Å². The molecule has 1 heterocycles. The molecule has 0 atom stereocenters. The maximum atomic E-state index is 5.63. The van der Waals surface area contributed by atoms with Crippen molar-refractivity contribution in [3.63, 3.8) is 0 Å². The summed E-state index contributed by atoms with van der Waals surface area (Å²) in [5, 5.41) is 0. The number of nitrogens with one attached hydrogen (secondary N) is 1. The van der Waals surface area contributed by atoms with E-state index in [-0.39, 0.29) is 0 Å². The Morgan fingerprint density at radius 1 is 1.14 bits per heavy atom. The maximum absolute atomic E-state index is 5.63. The van der Waals surface area contributed by atoms with Crippen molar-refractivity contribution in [1.29, 1.82) is 0 Å². The quantitative estimate of drug-likeness (QED) is 0.662. The molecule has 2 nitrogen and oxygen atoms in total. The molecule has 0 spiro atoms. The van der Waals surface area contributed by atoms with Gasteiger partial charge in [-0.2, -0.15) is 0 Å². The number of hydrogen-bond donors (Lipinski definition) is 1. The van der Waals surface area contributed by atoms with Crippen molar-refractivity contribution in [2.75, 3.05) is 0 Å². The van der Waals surface area contributed by atoms with Crippen LogP contribution in [0.4, 0.5) is 0 Å². The van der Waals surface area contributed by atoms with Crippen molar-refractivity contribution < 1.29 is 0 Å². The standard InChI is InChI=1S/C18H26N2S/c1-12-6-7-14-15(8-12)20(16(21)19-14)13-9-17(2,3)11-18(4,5)10-13/h6-8,13H,9-11H2,1-5H3,(H,19,21). The minimum Gasteiger partial charge on any atom is -0.331 e. The van der Waals surface area contributed by atoms with E-state index in [2.05, 4.69) is 62.4 Å². The summed E-state index contributed by atoms with van der Waals surface area (Å²) >= 11 is 5.63. The molecule has 0 unspecified atom stereocenters. The number of hydrogen-bond acceptors (Lipinski definition) is 1. The molecule has 3 rings (SSSR count). The van der Waals surface area contributed by atoms with Crippen LogP contribution in [0.2, 0.25) is 0 Å². The minimum atomic E-state index is 0.370. The highest BCUT2D eigenvalue weighted by molar-refractivity contribution is 7.71. The van der Waals surface area contributed by atoms with Crippen molar-refractivity contribution >= 4 is 23.3 Å². The van der Waals surface area contributed by atoms with Crippen molar-refractivity contribution in [2.45, 2.75) is 59.9 Å². The van der Waals surface area contributed by atoms with Crippen LogP contribution in [-0.4, -0.2) is 9.55 Å². The van der Waals surface area contributed by atoms with Gasteiger partial charge in [0.1, 0.15) is 0 Å². The summed E-state index contributed by atoms with van der Waals surface area (Å²) in [6.07, 6.45) is 3.68. The van der Waals surface area contributed by atoms with Crippen LogP contribution < -0.4 is 0 Å². The molecular formula is C18H26N2S. The molecule has 3 heteroatoms. The van der Waals surface area contributed by atoms with E-state index in [0.29, 0.717) is 16.9 Å². The van der Waals surface area contributed by atoms with Crippen LogP contribution in [0.1, 0.15) is 58.6 Å². The number of fused-ring (bicyclic) bond motifs is 1. The third-order valence-corrected chi connectivity index (χ3v) is 5.07. The molecule has 1 aliphatic rings. The Balaban J connectivity index is 2.13. The van der Waals surface area contributed by atoms with E-state index < -0.39 is 0 Å². The van der Waals surface area contributed by atoms with Gasteiger partial charge in [-0.1, -0.05) is 33.8 Å². The third kappa shape index (κ3) is 2.80. The molecule has 1 fully saturated rings. The van der Waals surface area contributed by atoms with Gasteiger partial charge in [-0.05, 0) is 66.9 Å². The van der Waals surface area contributed by atoms with Gasteiger partial charge in [0.25, 0.3) is 0 Å². The highest BCUT2D eigenvalue weighted by atomic mass is 32.1. The fourth-order valence-electron chi connectivity index (χ4n) is 4.56. The molecule has 0 radical (unpaired) electrons. The number of aromatic nitrogens is 2. The highest BCUT2D eigenvalue weighted by Crippen LogP contribution is 2.50. The minimum absolute atomic E-state index is 0.370. The molecular weight excluding hydrogens is 276 g/mol. The molecule has 1 aromatic heterocycles. The Bertz CT molecular complexity index is 717. The number of H-pyrrole nitrogens is 1. The monoisotopic (exact) mass is 302 g/mol. The molecule has 1 saturated carbocycles. The van der Waals surface area contributed by atoms with Gasteiger partial charge in [-0.15, -0.1) is 0 Å². The number of aromatic amines is 1. The van der Waals surface area contributed by atoms with E-state index in [1.54, 1.807) is 0 Å². The summed E-state index contributed by atoms with van der Waals surface area (Å²) in [7, 11) is 0. The first kappa shape index (κ1) is 14.8. The second-order valence-corrected chi connectivity index (χ2v) is 8.77. The fraction of sp³-hybridized carbons (Fsp3) is 0.611. The lowest BCUT2D eigenvalue weighted by Gasteiger charge is -2.45. The molecule has 0 saturated heterocycles. The van der Waals surface area contributed by atoms with Gasteiger partial charge in [0, 0.05) is 6.04 Å². The topological polar surface area (TPSA) is 20.7 Å². The van der Waals surface area contributed by atoms with E-state index in [1.807, 2.05) is 0 Å². The summed E-state index contributed by atoms with van der Waals surface area (Å²) in [4.78, 5) is 3.38. The Labute approximate surface area is 132 Å². The smallest absolute Gasteiger partial charge is 0.178 e. The van der Waals surface area contributed by atoms with Gasteiger partial charge >= 0.3 is 0 Å². The molecule has 1 aromatic carbocycles. The van der Waals surface area contributed by atoms with Gasteiger partial charge < -0.3 is 9.55 Å². The van der Waals surface area contributed by atoms with Crippen LogP contribution in [0.5, 0.6) is 0 Å². The van der Waals surface area contributed by atoms with E-state index in [1.165, 1.54) is 30.3 Å². The highest BCUT2D eigenvalue weighted by Gasteiger charge is 2.39. The Morgan fingerprint density at radius 3 is 2.38 bits per heavy atom. The number of rotatable bonds is 1. The maximum Gasteiger partial charge on any atom is 0.178 e. The number of benzene rings is 1. The fourth-order valence-corrected chi connectivity index (χ4v) is 4.92. The molecule has 0 bridgehead atoms. The molecule has 114 valence electrons. The van der Waals surface area contributed by atoms with Crippen LogP contribution in [0.25, 0.3) is 11.0 Å². The Hall–Kier alpha value is -1.09. The molecule has 1 N–H and O–H groups in total. The SMILES string of the molecule is Cc1ccc2[nH]c(=S)n(C3CC(C)(C)CC(C)(C)C3)c2c1. The van der Waals surface area contributed by atoms with Crippen molar-refractivity contribution in [3.05, 3.63) is 28.5 Å². The molecule has 0 aliphatic heterocycles. The van der Waals surface area contributed by atoms with E-state index in [9.17, 15) is 0 Å². The second kappa shape index (κ2) is 4.70. The van der Waals surface area contributed by atoms with Crippen LogP contribution in [0, 0.1) is 22.5 Å². The molecule has 21 heavy (non-hydrogen) atoms. The largest absolute Gasteiger partial charge is 0.331 e. The Kier molecular flexibility index (Phi) is 3.32.